The zero-order valence-corrected chi connectivity index (χ0v) is 13.9. The van der Waals surface area contributed by atoms with E-state index in [1.165, 1.54) is 30.1 Å². The summed E-state index contributed by atoms with van der Waals surface area (Å²) in [5.41, 5.74) is -0.0188. The van der Waals surface area contributed by atoms with Crippen molar-refractivity contribution in [3.05, 3.63) is 77.4 Å². The van der Waals surface area contributed by atoms with Gasteiger partial charge in [0.05, 0.1) is 11.1 Å². The lowest BCUT2D eigenvalue weighted by Gasteiger charge is -2.19. The first-order valence-electron chi connectivity index (χ1n) is 7.89. The monoisotopic (exact) mass is 359 g/mol. The Balaban J connectivity index is 1.80. The van der Waals surface area contributed by atoms with Crippen molar-refractivity contribution in [1.82, 2.24) is 4.90 Å². The number of rotatable bonds is 3. The van der Waals surface area contributed by atoms with Gasteiger partial charge in [-0.05, 0) is 40.6 Å². The van der Waals surface area contributed by atoms with Crippen LogP contribution in [-0.2, 0) is 12.7 Å². The number of alkyl halides is 3. The standard InChI is InChI=1S/C20H16F3NO2/c1-24(12-13-6-8-16(9-7-13)20(21,22)23)19(26)17-10-14-4-2-3-5-15(14)11-18(17)25/h2-11,25H,12H2,1H3. The van der Waals surface area contributed by atoms with E-state index in [4.69, 9.17) is 0 Å². The van der Waals surface area contributed by atoms with E-state index in [1.807, 2.05) is 24.3 Å². The number of hydrogen-bond acceptors (Lipinski definition) is 2. The quantitative estimate of drug-likeness (QED) is 0.727. The molecule has 0 aromatic heterocycles. The van der Waals surface area contributed by atoms with Gasteiger partial charge in [0.25, 0.3) is 5.91 Å². The predicted octanol–water partition coefficient (Wildman–Crippen LogP) is 4.84. The molecule has 6 heteroatoms. The average molecular weight is 359 g/mol. The fourth-order valence-electron chi connectivity index (χ4n) is 2.75. The van der Waals surface area contributed by atoms with Gasteiger partial charge in [-0.2, -0.15) is 13.2 Å². The lowest BCUT2D eigenvalue weighted by Crippen LogP contribution is -2.26. The molecule has 0 aliphatic carbocycles. The first kappa shape index (κ1) is 17.8. The van der Waals surface area contributed by atoms with Gasteiger partial charge in [0, 0.05) is 13.6 Å². The Labute approximate surface area is 148 Å². The van der Waals surface area contributed by atoms with Crippen molar-refractivity contribution in [3.63, 3.8) is 0 Å². The minimum absolute atomic E-state index is 0.128. The van der Waals surface area contributed by atoms with Crippen LogP contribution in [0.3, 0.4) is 0 Å². The van der Waals surface area contributed by atoms with E-state index in [0.717, 1.165) is 22.9 Å². The van der Waals surface area contributed by atoms with Gasteiger partial charge in [-0.15, -0.1) is 0 Å². The molecule has 1 amide bonds. The summed E-state index contributed by atoms with van der Waals surface area (Å²) in [5, 5.41) is 11.8. The van der Waals surface area contributed by atoms with Gasteiger partial charge in [-0.25, -0.2) is 0 Å². The van der Waals surface area contributed by atoms with Crippen molar-refractivity contribution >= 4 is 16.7 Å². The van der Waals surface area contributed by atoms with Crippen molar-refractivity contribution in [2.75, 3.05) is 7.05 Å². The third-order valence-electron chi connectivity index (χ3n) is 4.14. The Kier molecular flexibility index (Phi) is 4.59. The number of hydrogen-bond donors (Lipinski definition) is 1. The highest BCUT2D eigenvalue weighted by Crippen LogP contribution is 2.29. The summed E-state index contributed by atoms with van der Waals surface area (Å²) >= 11 is 0. The third kappa shape index (κ3) is 3.64. The zero-order chi connectivity index (χ0) is 18.9. The minimum atomic E-state index is -4.39. The Morgan fingerprint density at radius 3 is 2.15 bits per heavy atom. The van der Waals surface area contributed by atoms with Gasteiger partial charge in [0.15, 0.2) is 0 Å². The van der Waals surface area contributed by atoms with Crippen LogP contribution in [0.1, 0.15) is 21.5 Å². The van der Waals surface area contributed by atoms with Gasteiger partial charge < -0.3 is 10.0 Å². The zero-order valence-electron chi connectivity index (χ0n) is 13.9. The van der Waals surface area contributed by atoms with Crippen molar-refractivity contribution in [3.8, 4) is 5.75 Å². The van der Waals surface area contributed by atoms with Crippen LogP contribution in [0.2, 0.25) is 0 Å². The van der Waals surface area contributed by atoms with E-state index < -0.39 is 17.6 Å². The number of fused-ring (bicyclic) bond motifs is 1. The number of halogens is 3. The molecule has 3 rings (SSSR count). The molecule has 0 unspecified atom stereocenters. The molecule has 0 bridgehead atoms. The van der Waals surface area contributed by atoms with Crippen LogP contribution in [0.5, 0.6) is 5.75 Å². The second-order valence-corrected chi connectivity index (χ2v) is 6.07. The lowest BCUT2D eigenvalue weighted by molar-refractivity contribution is -0.137. The van der Waals surface area contributed by atoms with Gasteiger partial charge in [-0.3, -0.25) is 4.79 Å². The molecule has 3 nitrogen and oxygen atoms in total. The average Bonchev–Trinajstić information content (AvgIpc) is 2.60. The van der Waals surface area contributed by atoms with E-state index in [2.05, 4.69) is 0 Å². The summed E-state index contributed by atoms with van der Waals surface area (Å²) < 4.78 is 37.8. The molecule has 0 aliphatic rings. The maximum absolute atomic E-state index is 12.6. The summed E-state index contributed by atoms with van der Waals surface area (Å²) in [6.07, 6.45) is -4.39. The first-order chi connectivity index (χ1) is 12.3. The lowest BCUT2D eigenvalue weighted by atomic mass is 10.0. The number of benzene rings is 3. The van der Waals surface area contributed by atoms with E-state index in [9.17, 15) is 23.1 Å². The van der Waals surface area contributed by atoms with E-state index in [0.29, 0.717) is 5.56 Å². The molecular weight excluding hydrogens is 343 g/mol. The molecule has 0 atom stereocenters. The molecule has 0 aliphatic heterocycles. The Morgan fingerprint density at radius 1 is 1.00 bits per heavy atom. The van der Waals surface area contributed by atoms with E-state index in [-0.39, 0.29) is 17.9 Å². The maximum Gasteiger partial charge on any atom is 0.416 e. The smallest absolute Gasteiger partial charge is 0.416 e. The number of carbonyl (C=O) groups is 1. The molecule has 134 valence electrons. The highest BCUT2D eigenvalue weighted by molar-refractivity contribution is 6.01. The largest absolute Gasteiger partial charge is 0.507 e. The van der Waals surface area contributed by atoms with Crippen LogP contribution >= 0.6 is 0 Å². The van der Waals surface area contributed by atoms with Crippen LogP contribution in [-0.4, -0.2) is 23.0 Å². The summed E-state index contributed by atoms with van der Waals surface area (Å²) in [4.78, 5) is 14.0. The summed E-state index contributed by atoms with van der Waals surface area (Å²) in [6, 6.07) is 15.1. The van der Waals surface area contributed by atoms with Crippen molar-refractivity contribution < 1.29 is 23.1 Å². The highest BCUT2D eigenvalue weighted by Gasteiger charge is 2.30. The number of amides is 1. The first-order valence-corrected chi connectivity index (χ1v) is 7.89. The molecule has 0 radical (unpaired) electrons. The SMILES string of the molecule is CN(Cc1ccc(C(F)(F)F)cc1)C(=O)c1cc2ccccc2cc1O. The topological polar surface area (TPSA) is 40.5 Å². The number of carbonyl (C=O) groups excluding carboxylic acids is 1. The number of phenolic OH excluding ortho intramolecular Hbond substituents is 1. The molecule has 0 fully saturated rings. The minimum Gasteiger partial charge on any atom is -0.507 e. The molecule has 3 aromatic carbocycles. The molecule has 3 aromatic rings. The van der Waals surface area contributed by atoms with Crippen LogP contribution in [0.4, 0.5) is 13.2 Å². The number of aromatic hydroxyl groups is 1. The van der Waals surface area contributed by atoms with Crippen LogP contribution < -0.4 is 0 Å². The van der Waals surface area contributed by atoms with Crippen LogP contribution in [0, 0.1) is 0 Å². The van der Waals surface area contributed by atoms with Gasteiger partial charge >= 0.3 is 6.18 Å². The maximum atomic E-state index is 12.6. The van der Waals surface area contributed by atoms with Crippen molar-refractivity contribution in [1.29, 1.82) is 0 Å². The fraction of sp³-hybridized carbons (Fsp3) is 0.150. The van der Waals surface area contributed by atoms with E-state index >= 15 is 0 Å². The van der Waals surface area contributed by atoms with Crippen molar-refractivity contribution in [2.24, 2.45) is 0 Å². The molecule has 26 heavy (non-hydrogen) atoms. The molecule has 0 heterocycles. The second kappa shape index (κ2) is 6.71. The highest BCUT2D eigenvalue weighted by atomic mass is 19.4. The normalized spacial score (nSPS) is 11.5. The molecular formula is C20H16F3NO2. The second-order valence-electron chi connectivity index (χ2n) is 6.07. The van der Waals surface area contributed by atoms with Crippen molar-refractivity contribution in [2.45, 2.75) is 12.7 Å². The Hall–Kier alpha value is -3.02. The number of phenols is 1. The fourth-order valence-corrected chi connectivity index (χ4v) is 2.75. The Morgan fingerprint density at radius 2 is 1.58 bits per heavy atom. The molecule has 0 saturated heterocycles. The summed E-state index contributed by atoms with van der Waals surface area (Å²) in [7, 11) is 1.54. The molecule has 0 saturated carbocycles. The summed E-state index contributed by atoms with van der Waals surface area (Å²) in [6.45, 7) is 0.128. The van der Waals surface area contributed by atoms with Crippen LogP contribution in [0.15, 0.2) is 60.7 Å². The van der Waals surface area contributed by atoms with Gasteiger partial charge in [-0.1, -0.05) is 36.4 Å². The van der Waals surface area contributed by atoms with E-state index in [1.54, 1.807) is 6.07 Å². The van der Waals surface area contributed by atoms with Gasteiger partial charge in [0.1, 0.15) is 5.75 Å². The molecule has 0 spiro atoms. The third-order valence-corrected chi connectivity index (χ3v) is 4.14. The van der Waals surface area contributed by atoms with Crippen LogP contribution in [0.25, 0.3) is 10.8 Å². The predicted molar refractivity (Wildman–Crippen MR) is 92.9 cm³/mol. The molecule has 1 N–H and O–H groups in total. The van der Waals surface area contributed by atoms with Gasteiger partial charge in [0.2, 0.25) is 0 Å². The number of nitrogens with zero attached hydrogens (tertiary/aromatic N) is 1. The summed E-state index contributed by atoms with van der Waals surface area (Å²) in [5.74, 6) is -0.541. The Bertz CT molecular complexity index is 949.